The Labute approximate surface area is 127 Å². The van der Waals surface area contributed by atoms with E-state index in [0.29, 0.717) is 13.1 Å². The van der Waals surface area contributed by atoms with Crippen LogP contribution in [0.4, 0.5) is 5.69 Å². The Morgan fingerprint density at radius 1 is 1.24 bits per heavy atom. The molecular formula is C15H25N3O2S. The quantitative estimate of drug-likeness (QED) is 0.811. The Hall–Kier alpha value is -1.11. The second kappa shape index (κ2) is 7.24. The van der Waals surface area contributed by atoms with E-state index in [1.54, 1.807) is 0 Å². The molecule has 0 spiro atoms. The minimum atomic E-state index is -3.47. The second-order valence-electron chi connectivity index (χ2n) is 5.38. The second-order valence-corrected chi connectivity index (χ2v) is 7.05. The van der Waals surface area contributed by atoms with Crippen LogP contribution in [0.15, 0.2) is 18.2 Å². The van der Waals surface area contributed by atoms with Crippen molar-refractivity contribution >= 4 is 15.9 Å². The molecule has 1 heterocycles. The molecule has 6 heteroatoms. The first-order valence-corrected chi connectivity index (χ1v) is 9.11. The van der Waals surface area contributed by atoms with Crippen LogP contribution in [0.1, 0.15) is 37.8 Å². The van der Waals surface area contributed by atoms with E-state index in [9.17, 15) is 8.42 Å². The van der Waals surface area contributed by atoms with Gasteiger partial charge < -0.3 is 5.32 Å². The van der Waals surface area contributed by atoms with E-state index < -0.39 is 10.2 Å². The first-order valence-electron chi connectivity index (χ1n) is 7.67. The van der Waals surface area contributed by atoms with Crippen molar-refractivity contribution < 1.29 is 8.42 Å². The molecule has 1 aliphatic heterocycles. The van der Waals surface area contributed by atoms with Crippen molar-refractivity contribution in [3.8, 4) is 0 Å². The maximum atomic E-state index is 12.6. The predicted octanol–water partition coefficient (Wildman–Crippen LogP) is 2.11. The summed E-state index contributed by atoms with van der Waals surface area (Å²) < 4.78 is 29.5. The number of hydrogen-bond acceptors (Lipinski definition) is 3. The van der Waals surface area contributed by atoms with Gasteiger partial charge in [0.05, 0.1) is 5.69 Å². The molecular weight excluding hydrogens is 286 g/mol. The Morgan fingerprint density at radius 2 is 1.95 bits per heavy atom. The first-order chi connectivity index (χ1) is 10.1. The molecule has 0 fully saturated rings. The van der Waals surface area contributed by atoms with Crippen LogP contribution in [0.3, 0.4) is 0 Å². The summed E-state index contributed by atoms with van der Waals surface area (Å²) in [6.07, 6.45) is 2.49. The molecule has 118 valence electrons. The van der Waals surface area contributed by atoms with Gasteiger partial charge in [-0.15, -0.1) is 0 Å². The molecule has 1 aromatic rings. The summed E-state index contributed by atoms with van der Waals surface area (Å²) in [5.74, 6) is 0. The molecule has 0 unspecified atom stereocenters. The van der Waals surface area contributed by atoms with Crippen molar-refractivity contribution in [2.45, 2.75) is 39.7 Å². The third kappa shape index (κ3) is 3.96. The number of benzene rings is 1. The lowest BCUT2D eigenvalue weighted by Crippen LogP contribution is -2.37. The van der Waals surface area contributed by atoms with E-state index in [0.717, 1.165) is 43.6 Å². The Kier molecular flexibility index (Phi) is 5.61. The number of rotatable bonds is 7. The topological polar surface area (TPSA) is 61.4 Å². The summed E-state index contributed by atoms with van der Waals surface area (Å²) in [4.78, 5) is 0. The van der Waals surface area contributed by atoms with Crippen LogP contribution in [-0.2, 0) is 23.2 Å². The summed E-state index contributed by atoms with van der Waals surface area (Å²) in [6.45, 7) is 6.79. The molecule has 5 nitrogen and oxygen atoms in total. The lowest BCUT2D eigenvalue weighted by molar-refractivity contribution is 0.413. The maximum Gasteiger partial charge on any atom is 0.301 e. The number of fused-ring (bicyclic) bond motifs is 1. The SMILES string of the molecule is CCCN(CCC)S(=O)(=O)Nc1cccc2c1CCNC2. The standard InChI is InChI=1S/C15H25N3O2S/c1-3-10-18(11-4-2)21(19,20)17-15-7-5-6-13-12-16-9-8-14(13)15/h5-7,16-17H,3-4,8-12H2,1-2H3. The maximum absolute atomic E-state index is 12.6. The molecule has 0 aromatic heterocycles. The van der Waals surface area contributed by atoms with Gasteiger partial charge in [-0.05, 0) is 43.0 Å². The van der Waals surface area contributed by atoms with Gasteiger partial charge in [0.2, 0.25) is 0 Å². The van der Waals surface area contributed by atoms with E-state index in [1.807, 2.05) is 26.0 Å². The van der Waals surface area contributed by atoms with Crippen LogP contribution in [0.2, 0.25) is 0 Å². The molecule has 0 aliphatic carbocycles. The van der Waals surface area contributed by atoms with E-state index in [2.05, 4.69) is 16.1 Å². The van der Waals surface area contributed by atoms with Crippen LogP contribution in [0, 0.1) is 0 Å². The molecule has 21 heavy (non-hydrogen) atoms. The highest BCUT2D eigenvalue weighted by Crippen LogP contribution is 2.24. The van der Waals surface area contributed by atoms with Gasteiger partial charge in [0, 0.05) is 19.6 Å². The minimum Gasteiger partial charge on any atom is -0.312 e. The molecule has 2 rings (SSSR count). The molecule has 0 amide bonds. The van der Waals surface area contributed by atoms with Crippen molar-refractivity contribution in [2.75, 3.05) is 24.4 Å². The average molecular weight is 311 g/mol. The van der Waals surface area contributed by atoms with Crippen LogP contribution in [0.5, 0.6) is 0 Å². The fourth-order valence-electron chi connectivity index (χ4n) is 2.68. The fourth-order valence-corrected chi connectivity index (χ4v) is 4.13. The van der Waals surface area contributed by atoms with Gasteiger partial charge in [0.15, 0.2) is 0 Å². The average Bonchev–Trinajstić information content (AvgIpc) is 2.47. The molecule has 0 atom stereocenters. The third-order valence-corrected chi connectivity index (χ3v) is 5.19. The highest BCUT2D eigenvalue weighted by Gasteiger charge is 2.22. The molecule has 0 saturated heterocycles. The molecule has 0 saturated carbocycles. The normalized spacial score (nSPS) is 15.0. The predicted molar refractivity (Wildman–Crippen MR) is 86.6 cm³/mol. The van der Waals surface area contributed by atoms with Gasteiger partial charge in [0.25, 0.3) is 0 Å². The van der Waals surface area contributed by atoms with Crippen LogP contribution in [0.25, 0.3) is 0 Å². The molecule has 0 bridgehead atoms. The monoisotopic (exact) mass is 311 g/mol. The van der Waals surface area contributed by atoms with Crippen molar-refractivity contribution in [1.29, 1.82) is 0 Å². The largest absolute Gasteiger partial charge is 0.312 e. The smallest absolute Gasteiger partial charge is 0.301 e. The summed E-state index contributed by atoms with van der Waals surface area (Å²) in [7, 11) is -3.47. The van der Waals surface area contributed by atoms with Crippen molar-refractivity contribution in [1.82, 2.24) is 9.62 Å². The lowest BCUT2D eigenvalue weighted by atomic mass is 9.99. The Bertz CT molecular complexity index is 566. The van der Waals surface area contributed by atoms with Gasteiger partial charge in [-0.25, -0.2) is 0 Å². The van der Waals surface area contributed by atoms with E-state index in [4.69, 9.17) is 0 Å². The number of anilines is 1. The third-order valence-electron chi connectivity index (χ3n) is 3.67. The van der Waals surface area contributed by atoms with Crippen molar-refractivity contribution in [3.63, 3.8) is 0 Å². The number of hydrogen-bond donors (Lipinski definition) is 2. The highest BCUT2D eigenvalue weighted by molar-refractivity contribution is 7.90. The Morgan fingerprint density at radius 3 is 2.62 bits per heavy atom. The molecule has 1 aromatic carbocycles. The molecule has 2 N–H and O–H groups in total. The van der Waals surface area contributed by atoms with Gasteiger partial charge >= 0.3 is 10.2 Å². The summed E-state index contributed by atoms with van der Waals surface area (Å²) in [6, 6.07) is 5.82. The molecule has 1 aliphatic rings. The zero-order chi connectivity index (χ0) is 15.3. The van der Waals surface area contributed by atoms with Crippen LogP contribution >= 0.6 is 0 Å². The summed E-state index contributed by atoms with van der Waals surface area (Å²) in [5, 5.41) is 3.31. The van der Waals surface area contributed by atoms with Gasteiger partial charge in [0.1, 0.15) is 0 Å². The van der Waals surface area contributed by atoms with E-state index in [-0.39, 0.29) is 0 Å². The van der Waals surface area contributed by atoms with E-state index >= 15 is 0 Å². The minimum absolute atomic E-state index is 0.555. The summed E-state index contributed by atoms with van der Waals surface area (Å²) >= 11 is 0. The van der Waals surface area contributed by atoms with Gasteiger partial charge in [-0.1, -0.05) is 26.0 Å². The zero-order valence-corrected chi connectivity index (χ0v) is 13.7. The Balaban J connectivity index is 2.23. The van der Waals surface area contributed by atoms with E-state index in [1.165, 1.54) is 9.87 Å². The van der Waals surface area contributed by atoms with Gasteiger partial charge in [-0.2, -0.15) is 12.7 Å². The first kappa shape index (κ1) is 16.3. The molecule has 0 radical (unpaired) electrons. The highest BCUT2D eigenvalue weighted by atomic mass is 32.2. The van der Waals surface area contributed by atoms with Gasteiger partial charge in [-0.3, -0.25) is 4.72 Å². The zero-order valence-electron chi connectivity index (χ0n) is 12.9. The van der Waals surface area contributed by atoms with Crippen LogP contribution < -0.4 is 10.0 Å². The number of nitrogens with zero attached hydrogens (tertiary/aromatic N) is 1. The lowest BCUT2D eigenvalue weighted by Gasteiger charge is -2.25. The van der Waals surface area contributed by atoms with Crippen LogP contribution in [-0.4, -0.2) is 32.4 Å². The number of nitrogens with one attached hydrogen (secondary N) is 2. The fraction of sp³-hybridized carbons (Fsp3) is 0.600. The van der Waals surface area contributed by atoms with Crippen molar-refractivity contribution in [2.24, 2.45) is 0 Å². The van der Waals surface area contributed by atoms with Crippen molar-refractivity contribution in [3.05, 3.63) is 29.3 Å². The summed E-state index contributed by atoms with van der Waals surface area (Å²) in [5.41, 5.74) is 3.03.